The lowest BCUT2D eigenvalue weighted by molar-refractivity contribution is -0.223. The molecule has 0 saturated heterocycles. The van der Waals surface area contributed by atoms with Crippen LogP contribution in [0, 0.1) is 68.0 Å². The molecular formula is C33H49NO2. The summed E-state index contributed by atoms with van der Waals surface area (Å²) in [4.78, 5) is 13.2. The van der Waals surface area contributed by atoms with Crippen molar-refractivity contribution < 1.29 is 9.53 Å². The molecular weight excluding hydrogens is 442 g/mol. The molecule has 5 rings (SSSR count). The van der Waals surface area contributed by atoms with E-state index in [0.29, 0.717) is 34.7 Å². The molecule has 0 heterocycles. The first-order valence-electron chi connectivity index (χ1n) is 14.6. The van der Waals surface area contributed by atoms with Gasteiger partial charge in [0, 0.05) is 12.5 Å². The van der Waals surface area contributed by atoms with Crippen molar-refractivity contribution in [3.8, 4) is 6.07 Å². The van der Waals surface area contributed by atoms with Crippen molar-refractivity contribution in [1.82, 2.24) is 0 Å². The summed E-state index contributed by atoms with van der Waals surface area (Å²) >= 11 is 0. The first kappa shape index (κ1) is 26.2. The van der Waals surface area contributed by atoms with E-state index in [0.717, 1.165) is 25.4 Å². The Balaban J connectivity index is 1.58. The number of ether oxygens (including phenoxy) is 1. The minimum absolute atomic E-state index is 0.0617. The van der Waals surface area contributed by atoms with Gasteiger partial charge in [0.1, 0.15) is 6.07 Å². The van der Waals surface area contributed by atoms with Gasteiger partial charge in [-0.25, -0.2) is 0 Å². The van der Waals surface area contributed by atoms with Crippen LogP contribution in [0.3, 0.4) is 0 Å². The van der Waals surface area contributed by atoms with Crippen molar-refractivity contribution in [1.29, 1.82) is 5.26 Å². The number of fused-ring (bicyclic) bond motifs is 7. The average Bonchev–Trinajstić information content (AvgIpc) is 3.14. The van der Waals surface area contributed by atoms with Crippen LogP contribution in [-0.4, -0.2) is 19.5 Å². The molecule has 0 radical (unpaired) electrons. The summed E-state index contributed by atoms with van der Waals surface area (Å²) in [6.07, 6.45) is 13.3. The van der Waals surface area contributed by atoms with E-state index in [9.17, 15) is 10.1 Å². The molecule has 4 saturated carbocycles. The molecule has 0 bridgehead atoms. The first-order chi connectivity index (χ1) is 16.8. The van der Waals surface area contributed by atoms with Crippen molar-refractivity contribution >= 4 is 5.78 Å². The molecule has 0 N–H and O–H groups in total. The largest absolute Gasteiger partial charge is 0.384 e. The normalized spacial score (nSPS) is 49.1. The van der Waals surface area contributed by atoms with E-state index in [2.05, 4.69) is 60.3 Å². The highest BCUT2D eigenvalue weighted by molar-refractivity contribution is 6.04. The van der Waals surface area contributed by atoms with Crippen molar-refractivity contribution in [3.05, 3.63) is 23.8 Å². The Bertz CT molecular complexity index is 1030. The number of hydrogen-bond donors (Lipinski definition) is 0. The molecule has 3 nitrogen and oxygen atoms in total. The molecule has 5 aliphatic carbocycles. The van der Waals surface area contributed by atoms with Gasteiger partial charge in [0.25, 0.3) is 0 Å². The van der Waals surface area contributed by atoms with Gasteiger partial charge < -0.3 is 4.74 Å². The average molecular weight is 492 g/mol. The first-order valence-corrected chi connectivity index (χ1v) is 14.6. The van der Waals surface area contributed by atoms with Crippen LogP contribution in [0.25, 0.3) is 0 Å². The van der Waals surface area contributed by atoms with Gasteiger partial charge in [-0.2, -0.15) is 5.26 Å². The maximum atomic E-state index is 13.2. The Kier molecular flexibility index (Phi) is 6.04. The smallest absolute Gasteiger partial charge is 0.178 e. The molecule has 5 aliphatic rings. The van der Waals surface area contributed by atoms with Gasteiger partial charge in [-0.05, 0) is 116 Å². The zero-order chi connectivity index (χ0) is 26.3. The van der Waals surface area contributed by atoms with Crippen LogP contribution in [0.1, 0.15) is 99.3 Å². The molecule has 3 heteroatoms. The van der Waals surface area contributed by atoms with Crippen molar-refractivity contribution in [2.24, 2.45) is 56.7 Å². The van der Waals surface area contributed by atoms with Crippen LogP contribution in [0.15, 0.2) is 23.8 Å². The van der Waals surface area contributed by atoms with Gasteiger partial charge in [-0.1, -0.05) is 46.3 Å². The summed E-state index contributed by atoms with van der Waals surface area (Å²) in [5.74, 6) is 3.04. The molecule has 0 aromatic carbocycles. The zero-order valence-corrected chi connectivity index (χ0v) is 24.0. The van der Waals surface area contributed by atoms with E-state index >= 15 is 0 Å². The minimum atomic E-state index is -0.466. The SMILES string of the molecule is C=C(C)C[C@@H]1CC[C@]2(COC)CC[C@]3(C)[C@H](CC[C@@H]4[C@@]5(C)C=C(C#N)C(=O)C(C)(C)[C@@H]5CC[C@]43C)[C@@H]12. The maximum Gasteiger partial charge on any atom is 0.178 e. The molecule has 0 aromatic heterocycles. The highest BCUT2D eigenvalue weighted by atomic mass is 16.5. The van der Waals surface area contributed by atoms with E-state index in [-0.39, 0.29) is 22.0 Å². The van der Waals surface area contributed by atoms with Gasteiger partial charge in [0.15, 0.2) is 5.78 Å². The number of hydrogen-bond acceptors (Lipinski definition) is 3. The van der Waals surface area contributed by atoms with E-state index in [1.807, 2.05) is 7.11 Å². The number of nitrogens with zero attached hydrogens (tertiary/aromatic N) is 1. The fourth-order valence-corrected chi connectivity index (χ4v) is 11.7. The summed E-state index contributed by atoms with van der Waals surface area (Å²) < 4.78 is 5.93. The second-order valence-corrected chi connectivity index (χ2v) is 15.0. The molecule has 0 aromatic rings. The number of nitriles is 1. The molecule has 36 heavy (non-hydrogen) atoms. The van der Waals surface area contributed by atoms with Crippen molar-refractivity contribution in [3.63, 3.8) is 0 Å². The predicted octanol–water partition coefficient (Wildman–Crippen LogP) is 7.92. The van der Waals surface area contributed by atoms with Crippen LogP contribution in [0.2, 0.25) is 0 Å². The van der Waals surface area contributed by atoms with Crippen LogP contribution < -0.4 is 0 Å². The Hall–Kier alpha value is -1.40. The highest BCUT2D eigenvalue weighted by Gasteiger charge is 2.70. The van der Waals surface area contributed by atoms with Crippen LogP contribution in [0.5, 0.6) is 0 Å². The number of Topliss-reactive ketones (excluding diaryl/α,β-unsaturated/α-hetero) is 1. The van der Waals surface area contributed by atoms with Gasteiger partial charge in [0.05, 0.1) is 12.2 Å². The zero-order valence-electron chi connectivity index (χ0n) is 24.0. The third kappa shape index (κ3) is 3.22. The summed E-state index contributed by atoms with van der Waals surface area (Å²) in [5.41, 5.74) is 1.99. The van der Waals surface area contributed by atoms with Gasteiger partial charge in [0.2, 0.25) is 0 Å². The Labute approximate surface area is 220 Å². The van der Waals surface area contributed by atoms with Crippen LogP contribution in [0.4, 0.5) is 0 Å². The van der Waals surface area contributed by atoms with E-state index in [1.54, 1.807) is 0 Å². The third-order valence-electron chi connectivity index (χ3n) is 13.2. The summed E-state index contributed by atoms with van der Waals surface area (Å²) in [6, 6.07) is 2.30. The van der Waals surface area contributed by atoms with Crippen LogP contribution >= 0.6 is 0 Å². The number of carbonyl (C=O) groups is 1. The predicted molar refractivity (Wildman–Crippen MR) is 145 cm³/mol. The quantitative estimate of drug-likeness (QED) is 0.375. The molecule has 0 aliphatic heterocycles. The van der Waals surface area contributed by atoms with E-state index in [1.165, 1.54) is 50.5 Å². The standard InChI is InChI=1S/C33H49NO2/c1-21(2)17-22-11-14-33(20-36-8)16-15-31(6)24(27(22)33)9-10-26-30(5)18-23(19-34)28(35)29(3,4)25(30)12-13-32(26,31)7/h18,22,24-27H,1,9-17,20H2,2-8H3/t22-,24+,25-,26+,27+,30-,31+,32+,33+/m0/s1. The number of ketones is 1. The monoisotopic (exact) mass is 491 g/mol. The Morgan fingerprint density at radius 3 is 2.39 bits per heavy atom. The van der Waals surface area contributed by atoms with Crippen LogP contribution in [-0.2, 0) is 9.53 Å². The second-order valence-electron chi connectivity index (χ2n) is 15.0. The lowest BCUT2D eigenvalue weighted by Gasteiger charge is -2.71. The highest BCUT2D eigenvalue weighted by Crippen LogP contribution is 2.76. The Morgan fingerprint density at radius 2 is 1.75 bits per heavy atom. The molecule has 4 fully saturated rings. The van der Waals surface area contributed by atoms with Crippen molar-refractivity contribution in [2.75, 3.05) is 13.7 Å². The molecule has 198 valence electrons. The lowest BCUT2D eigenvalue weighted by Crippen LogP contribution is -2.66. The number of rotatable bonds is 4. The van der Waals surface area contributed by atoms with Gasteiger partial charge in [-0.3, -0.25) is 4.79 Å². The number of carbonyl (C=O) groups excluding carboxylic acids is 1. The van der Waals surface area contributed by atoms with E-state index in [4.69, 9.17) is 4.74 Å². The minimum Gasteiger partial charge on any atom is -0.384 e. The number of methoxy groups -OCH3 is 1. The molecule has 9 atom stereocenters. The number of allylic oxidation sites excluding steroid dienone is 3. The molecule has 0 unspecified atom stereocenters. The topological polar surface area (TPSA) is 50.1 Å². The van der Waals surface area contributed by atoms with Gasteiger partial charge >= 0.3 is 0 Å². The van der Waals surface area contributed by atoms with Crippen molar-refractivity contribution in [2.45, 2.75) is 99.3 Å². The lowest BCUT2D eigenvalue weighted by atomic mass is 9.33. The van der Waals surface area contributed by atoms with E-state index < -0.39 is 5.41 Å². The molecule has 0 amide bonds. The fraction of sp³-hybridized carbons (Fsp3) is 0.818. The molecule has 0 spiro atoms. The Morgan fingerprint density at radius 1 is 1.03 bits per heavy atom. The summed E-state index contributed by atoms with van der Waals surface area (Å²) in [5, 5.41) is 9.92. The summed E-state index contributed by atoms with van der Waals surface area (Å²) in [6.45, 7) is 19.3. The van der Waals surface area contributed by atoms with Gasteiger partial charge in [-0.15, -0.1) is 6.58 Å². The third-order valence-corrected chi connectivity index (χ3v) is 13.2. The second kappa shape index (κ2) is 8.30. The summed E-state index contributed by atoms with van der Waals surface area (Å²) in [7, 11) is 1.90. The fourth-order valence-electron chi connectivity index (χ4n) is 11.7. The maximum absolute atomic E-state index is 13.2.